The van der Waals surface area contributed by atoms with Gasteiger partial charge in [-0.1, -0.05) is 36.4 Å². The highest BCUT2D eigenvalue weighted by Gasteiger charge is 2.38. The summed E-state index contributed by atoms with van der Waals surface area (Å²) in [6.07, 6.45) is -4.62. The van der Waals surface area contributed by atoms with Gasteiger partial charge in [-0.05, 0) is 23.6 Å². The third-order valence-electron chi connectivity index (χ3n) is 3.94. The van der Waals surface area contributed by atoms with E-state index in [4.69, 9.17) is 0 Å². The minimum Gasteiger partial charge on any atom is -0.508 e. The summed E-state index contributed by atoms with van der Waals surface area (Å²) in [7, 11) is 0. The van der Waals surface area contributed by atoms with E-state index < -0.39 is 12.0 Å². The molecular weight excluding hydrogens is 317 g/mol. The van der Waals surface area contributed by atoms with E-state index in [0.29, 0.717) is 16.5 Å². The van der Waals surface area contributed by atoms with Gasteiger partial charge in [-0.15, -0.1) is 0 Å². The molecular formula is C18H11F3N2O. The molecule has 0 atom stereocenters. The molecule has 24 heavy (non-hydrogen) atoms. The second-order valence-electron chi connectivity index (χ2n) is 5.50. The van der Waals surface area contributed by atoms with Crippen molar-refractivity contribution in [2.24, 2.45) is 4.99 Å². The Balaban J connectivity index is 2.12. The highest BCUT2D eigenvalue weighted by Crippen LogP contribution is 2.44. The monoisotopic (exact) mass is 328 g/mol. The third kappa shape index (κ3) is 2.27. The minimum atomic E-state index is -4.62. The predicted octanol–water partition coefficient (Wildman–Crippen LogP) is 5.23. The Bertz CT molecular complexity index is 993. The summed E-state index contributed by atoms with van der Waals surface area (Å²) >= 11 is 0. The maximum absolute atomic E-state index is 13.3. The molecule has 0 amide bonds. The second-order valence-corrected chi connectivity index (χ2v) is 5.50. The molecule has 0 fully saturated rings. The molecule has 3 aromatic carbocycles. The fourth-order valence-corrected chi connectivity index (χ4v) is 2.86. The first kappa shape index (κ1) is 14.6. The van der Waals surface area contributed by atoms with Gasteiger partial charge in [-0.2, -0.15) is 13.2 Å². The third-order valence-corrected chi connectivity index (χ3v) is 3.94. The zero-order valence-corrected chi connectivity index (χ0v) is 12.2. The number of amidine groups is 1. The van der Waals surface area contributed by atoms with Crippen LogP contribution >= 0.6 is 0 Å². The topological polar surface area (TPSA) is 44.6 Å². The molecule has 1 aliphatic rings. The lowest BCUT2D eigenvalue weighted by molar-refractivity contribution is -0.0586. The number of nitrogens with one attached hydrogen (secondary N) is 1. The molecule has 0 aromatic heterocycles. The average molecular weight is 328 g/mol. The molecule has 0 aliphatic carbocycles. The van der Waals surface area contributed by atoms with Crippen molar-refractivity contribution in [1.82, 2.24) is 0 Å². The van der Waals surface area contributed by atoms with E-state index in [1.165, 1.54) is 18.2 Å². The van der Waals surface area contributed by atoms with Crippen LogP contribution in [0, 0.1) is 0 Å². The smallest absolute Gasteiger partial charge is 0.449 e. The molecule has 1 heterocycles. The van der Waals surface area contributed by atoms with E-state index in [-0.39, 0.29) is 17.1 Å². The van der Waals surface area contributed by atoms with Gasteiger partial charge in [0.1, 0.15) is 5.75 Å². The van der Waals surface area contributed by atoms with Gasteiger partial charge in [0, 0.05) is 22.2 Å². The molecule has 0 saturated carbocycles. The molecule has 4 rings (SSSR count). The van der Waals surface area contributed by atoms with Gasteiger partial charge < -0.3 is 10.4 Å². The molecule has 0 radical (unpaired) electrons. The molecule has 3 nitrogen and oxygen atoms in total. The van der Waals surface area contributed by atoms with Crippen LogP contribution in [0.15, 0.2) is 59.6 Å². The van der Waals surface area contributed by atoms with Gasteiger partial charge in [-0.25, -0.2) is 4.99 Å². The van der Waals surface area contributed by atoms with Crippen molar-refractivity contribution in [3.8, 4) is 16.9 Å². The van der Waals surface area contributed by atoms with Crippen LogP contribution in [0.1, 0.15) is 0 Å². The number of alkyl halides is 3. The Labute approximate surface area is 135 Å². The van der Waals surface area contributed by atoms with Crippen LogP contribution in [0.4, 0.5) is 24.5 Å². The van der Waals surface area contributed by atoms with E-state index >= 15 is 0 Å². The zero-order valence-electron chi connectivity index (χ0n) is 12.2. The summed E-state index contributed by atoms with van der Waals surface area (Å²) in [6.45, 7) is 0. The lowest BCUT2D eigenvalue weighted by atomic mass is 9.97. The first-order valence-electron chi connectivity index (χ1n) is 7.21. The first-order chi connectivity index (χ1) is 11.4. The summed E-state index contributed by atoms with van der Waals surface area (Å²) in [5.41, 5.74) is 1.49. The number of aromatic hydroxyl groups is 1. The maximum atomic E-state index is 13.3. The largest absolute Gasteiger partial charge is 0.508 e. The molecule has 6 heteroatoms. The van der Waals surface area contributed by atoms with Crippen LogP contribution in [0.5, 0.6) is 5.75 Å². The number of aliphatic imine (C=N–C) groups is 1. The number of hydrogen-bond donors (Lipinski definition) is 2. The second kappa shape index (κ2) is 4.99. The van der Waals surface area contributed by atoms with Gasteiger partial charge in [0.15, 0.2) is 0 Å². The Hall–Kier alpha value is -3.02. The molecule has 0 bridgehead atoms. The Morgan fingerprint density at radius 2 is 1.71 bits per heavy atom. The van der Waals surface area contributed by atoms with Crippen LogP contribution in [0.25, 0.3) is 21.9 Å². The number of anilines is 1. The maximum Gasteiger partial charge on any atom is 0.449 e. The van der Waals surface area contributed by atoms with E-state index in [9.17, 15) is 18.3 Å². The van der Waals surface area contributed by atoms with E-state index in [0.717, 1.165) is 5.39 Å². The van der Waals surface area contributed by atoms with Crippen molar-refractivity contribution in [2.45, 2.75) is 6.18 Å². The Kier molecular flexibility index (Phi) is 3.03. The summed E-state index contributed by atoms with van der Waals surface area (Å²) in [4.78, 5) is 3.88. The van der Waals surface area contributed by atoms with E-state index in [1.807, 2.05) is 18.2 Å². The summed E-state index contributed by atoms with van der Waals surface area (Å²) in [5.74, 6) is -1.10. The van der Waals surface area contributed by atoms with Crippen LogP contribution < -0.4 is 5.32 Å². The van der Waals surface area contributed by atoms with Gasteiger partial charge in [-0.3, -0.25) is 0 Å². The molecule has 120 valence electrons. The fraction of sp³-hybridized carbons (Fsp3) is 0.0556. The van der Waals surface area contributed by atoms with Crippen molar-refractivity contribution >= 4 is 28.0 Å². The predicted molar refractivity (Wildman–Crippen MR) is 87.8 cm³/mol. The summed E-state index contributed by atoms with van der Waals surface area (Å²) in [6, 6.07) is 14.9. The quantitative estimate of drug-likeness (QED) is 0.555. The Morgan fingerprint density at radius 1 is 0.917 bits per heavy atom. The number of phenols is 1. The highest BCUT2D eigenvalue weighted by molar-refractivity contribution is 6.12. The lowest BCUT2D eigenvalue weighted by Crippen LogP contribution is -2.30. The van der Waals surface area contributed by atoms with Crippen molar-refractivity contribution in [3.05, 3.63) is 54.6 Å². The van der Waals surface area contributed by atoms with Crippen molar-refractivity contribution in [2.75, 3.05) is 5.32 Å². The van der Waals surface area contributed by atoms with Crippen LogP contribution in [0.2, 0.25) is 0 Å². The number of benzene rings is 3. The number of phenolic OH excluding ortho intramolecular Hbond substituents is 1. The van der Waals surface area contributed by atoms with Crippen LogP contribution in [-0.4, -0.2) is 17.1 Å². The van der Waals surface area contributed by atoms with Crippen LogP contribution in [0.3, 0.4) is 0 Å². The summed E-state index contributed by atoms with van der Waals surface area (Å²) < 4.78 is 40.0. The molecule has 1 aliphatic heterocycles. The molecule has 2 N–H and O–H groups in total. The SMILES string of the molecule is Oc1ccc2c(c1)-c1ccc3ccccc3c1N=C(C(F)(F)F)N2. The van der Waals surface area contributed by atoms with Gasteiger partial charge >= 0.3 is 6.18 Å². The normalized spacial score (nSPS) is 13.5. The van der Waals surface area contributed by atoms with Gasteiger partial charge in [0.25, 0.3) is 0 Å². The fourth-order valence-electron chi connectivity index (χ4n) is 2.86. The molecule has 0 unspecified atom stereocenters. The number of nitrogens with zero attached hydrogens (tertiary/aromatic N) is 1. The van der Waals surface area contributed by atoms with Gasteiger partial charge in [0.2, 0.25) is 5.84 Å². The van der Waals surface area contributed by atoms with Crippen molar-refractivity contribution in [3.63, 3.8) is 0 Å². The molecule has 3 aromatic rings. The highest BCUT2D eigenvalue weighted by atomic mass is 19.4. The summed E-state index contributed by atoms with van der Waals surface area (Å²) in [5, 5.41) is 13.5. The number of halogens is 3. The van der Waals surface area contributed by atoms with Crippen LogP contribution in [-0.2, 0) is 0 Å². The van der Waals surface area contributed by atoms with Crippen molar-refractivity contribution < 1.29 is 18.3 Å². The average Bonchev–Trinajstić information content (AvgIpc) is 2.71. The van der Waals surface area contributed by atoms with Crippen molar-refractivity contribution in [1.29, 1.82) is 0 Å². The lowest BCUT2D eigenvalue weighted by Gasteiger charge is -2.12. The van der Waals surface area contributed by atoms with E-state index in [2.05, 4.69) is 10.3 Å². The number of hydrogen-bond acceptors (Lipinski definition) is 3. The zero-order chi connectivity index (χ0) is 16.9. The number of rotatable bonds is 0. The standard InChI is InChI=1S/C18H11F3N2O/c19-18(20,21)17-22-15-8-6-11(24)9-14(15)13-7-5-10-3-1-2-4-12(10)16(13)23-17/h1-9,24H,(H,22,23). The molecule has 0 saturated heterocycles. The molecule has 0 spiro atoms. The minimum absolute atomic E-state index is 0.0230. The van der Waals surface area contributed by atoms with E-state index in [1.54, 1.807) is 18.2 Å². The first-order valence-corrected chi connectivity index (χ1v) is 7.21. The van der Waals surface area contributed by atoms with Gasteiger partial charge in [0.05, 0.1) is 5.69 Å². The number of fused-ring (bicyclic) bond motifs is 5. The Morgan fingerprint density at radius 3 is 2.50 bits per heavy atom.